The Morgan fingerprint density at radius 2 is 2.38 bits per heavy atom. The average Bonchev–Trinajstić information content (AvgIpc) is 2.17. The molecule has 0 atom stereocenters. The largest absolute Gasteiger partial charge is 0.376 e. The van der Waals surface area contributed by atoms with Gasteiger partial charge in [-0.25, -0.2) is 0 Å². The Kier molecular flexibility index (Phi) is 2.10. The number of ketones is 1. The zero-order valence-corrected chi connectivity index (χ0v) is 7.54. The molecule has 2 rings (SSSR count). The molecule has 0 bridgehead atoms. The summed E-state index contributed by atoms with van der Waals surface area (Å²) in [5.41, 5.74) is 2.92. The predicted molar refractivity (Wildman–Crippen MR) is 47.6 cm³/mol. The van der Waals surface area contributed by atoms with Gasteiger partial charge in [0.05, 0.1) is 13.2 Å². The smallest absolute Gasteiger partial charge is 0.161 e. The van der Waals surface area contributed by atoms with Crippen LogP contribution in [0, 0.1) is 0 Å². The zero-order valence-electron chi connectivity index (χ0n) is 7.54. The van der Waals surface area contributed by atoms with E-state index in [0.29, 0.717) is 13.2 Å². The summed E-state index contributed by atoms with van der Waals surface area (Å²) in [6.45, 7) is 2.87. The summed E-state index contributed by atoms with van der Waals surface area (Å²) >= 11 is 0. The van der Waals surface area contributed by atoms with Gasteiger partial charge >= 0.3 is 0 Å². The summed E-state index contributed by atoms with van der Waals surface area (Å²) in [7, 11) is 0. The monoisotopic (exact) mass is 177 g/mol. The van der Waals surface area contributed by atoms with Crippen molar-refractivity contribution in [1.82, 2.24) is 4.98 Å². The van der Waals surface area contributed by atoms with Gasteiger partial charge in [0.15, 0.2) is 5.78 Å². The molecule has 2 heterocycles. The van der Waals surface area contributed by atoms with E-state index in [-0.39, 0.29) is 5.78 Å². The van der Waals surface area contributed by atoms with E-state index in [1.165, 1.54) is 0 Å². The SMILES string of the molecule is CC(=O)c1cncc2c1CCOC2. The van der Waals surface area contributed by atoms with Crippen molar-refractivity contribution in [3.8, 4) is 0 Å². The number of Topliss-reactive ketones (excluding diaryl/α,β-unsaturated/α-hetero) is 1. The Balaban J connectivity index is 2.52. The van der Waals surface area contributed by atoms with Crippen LogP contribution in [0.1, 0.15) is 28.4 Å². The molecule has 1 aliphatic heterocycles. The maximum Gasteiger partial charge on any atom is 0.161 e. The highest BCUT2D eigenvalue weighted by molar-refractivity contribution is 5.95. The third kappa shape index (κ3) is 1.47. The topological polar surface area (TPSA) is 39.2 Å². The van der Waals surface area contributed by atoms with Crippen LogP contribution in [0.25, 0.3) is 0 Å². The predicted octanol–water partition coefficient (Wildman–Crippen LogP) is 1.36. The number of pyridine rings is 1. The molecule has 0 amide bonds. The second-order valence-electron chi connectivity index (χ2n) is 3.18. The molecular formula is C10H11NO2. The molecule has 0 saturated carbocycles. The van der Waals surface area contributed by atoms with Crippen LogP contribution in [0.3, 0.4) is 0 Å². The average molecular weight is 177 g/mol. The van der Waals surface area contributed by atoms with E-state index in [1.807, 2.05) is 0 Å². The molecule has 1 aromatic heterocycles. The van der Waals surface area contributed by atoms with Crippen molar-refractivity contribution in [3.05, 3.63) is 29.1 Å². The van der Waals surface area contributed by atoms with E-state index in [2.05, 4.69) is 4.98 Å². The molecule has 0 saturated heterocycles. The first-order valence-electron chi connectivity index (χ1n) is 4.33. The Bertz CT molecular complexity index is 347. The van der Waals surface area contributed by atoms with E-state index < -0.39 is 0 Å². The Morgan fingerprint density at radius 1 is 1.54 bits per heavy atom. The van der Waals surface area contributed by atoms with E-state index in [9.17, 15) is 4.79 Å². The molecule has 3 heteroatoms. The molecule has 13 heavy (non-hydrogen) atoms. The Hall–Kier alpha value is -1.22. The number of fused-ring (bicyclic) bond motifs is 1. The maximum atomic E-state index is 11.2. The number of nitrogens with zero attached hydrogens (tertiary/aromatic N) is 1. The van der Waals surface area contributed by atoms with Gasteiger partial charge in [-0.05, 0) is 18.9 Å². The summed E-state index contributed by atoms with van der Waals surface area (Å²) in [4.78, 5) is 15.3. The molecule has 68 valence electrons. The van der Waals surface area contributed by atoms with Gasteiger partial charge in [0, 0.05) is 23.5 Å². The Morgan fingerprint density at radius 3 is 3.15 bits per heavy atom. The van der Waals surface area contributed by atoms with Crippen molar-refractivity contribution in [2.45, 2.75) is 20.0 Å². The van der Waals surface area contributed by atoms with Crippen molar-refractivity contribution < 1.29 is 9.53 Å². The minimum atomic E-state index is 0.0891. The number of carbonyl (C=O) groups excluding carboxylic acids is 1. The highest BCUT2D eigenvalue weighted by Gasteiger charge is 2.15. The fraction of sp³-hybridized carbons (Fsp3) is 0.400. The van der Waals surface area contributed by atoms with E-state index in [0.717, 1.165) is 23.1 Å². The second-order valence-corrected chi connectivity index (χ2v) is 3.18. The lowest BCUT2D eigenvalue weighted by Crippen LogP contribution is -2.14. The molecule has 0 N–H and O–H groups in total. The van der Waals surface area contributed by atoms with Crippen molar-refractivity contribution in [2.24, 2.45) is 0 Å². The Labute approximate surface area is 76.7 Å². The number of ether oxygens (including phenoxy) is 1. The second kappa shape index (κ2) is 3.26. The minimum absolute atomic E-state index is 0.0891. The van der Waals surface area contributed by atoms with E-state index in [4.69, 9.17) is 4.74 Å². The standard InChI is InChI=1S/C10H11NO2/c1-7(12)10-5-11-4-8-6-13-3-2-9(8)10/h4-5H,2-3,6H2,1H3. The summed E-state index contributed by atoms with van der Waals surface area (Å²) in [6.07, 6.45) is 4.25. The van der Waals surface area contributed by atoms with Gasteiger partial charge < -0.3 is 4.74 Å². The lowest BCUT2D eigenvalue weighted by Gasteiger charge is -2.17. The van der Waals surface area contributed by atoms with Crippen LogP contribution in [-0.4, -0.2) is 17.4 Å². The molecule has 0 spiro atoms. The third-order valence-electron chi connectivity index (χ3n) is 2.28. The summed E-state index contributed by atoms with van der Waals surface area (Å²) < 4.78 is 5.28. The number of carbonyl (C=O) groups is 1. The van der Waals surface area contributed by atoms with Crippen LogP contribution in [0.15, 0.2) is 12.4 Å². The van der Waals surface area contributed by atoms with E-state index in [1.54, 1.807) is 19.3 Å². The highest BCUT2D eigenvalue weighted by Crippen LogP contribution is 2.19. The highest BCUT2D eigenvalue weighted by atomic mass is 16.5. The maximum absolute atomic E-state index is 11.2. The van der Waals surface area contributed by atoms with Gasteiger partial charge in [-0.1, -0.05) is 0 Å². The fourth-order valence-electron chi connectivity index (χ4n) is 1.61. The van der Waals surface area contributed by atoms with E-state index >= 15 is 0 Å². The van der Waals surface area contributed by atoms with Gasteiger partial charge in [-0.15, -0.1) is 0 Å². The van der Waals surface area contributed by atoms with Gasteiger partial charge in [-0.3, -0.25) is 9.78 Å². The summed E-state index contributed by atoms with van der Waals surface area (Å²) in [5, 5.41) is 0. The number of hydrogen-bond acceptors (Lipinski definition) is 3. The zero-order chi connectivity index (χ0) is 9.26. The summed E-state index contributed by atoms with van der Waals surface area (Å²) in [5.74, 6) is 0.0891. The number of hydrogen-bond donors (Lipinski definition) is 0. The lowest BCUT2D eigenvalue weighted by molar-refractivity contribution is 0.0995. The molecular weight excluding hydrogens is 166 g/mol. The van der Waals surface area contributed by atoms with Gasteiger partial charge in [0.1, 0.15) is 0 Å². The minimum Gasteiger partial charge on any atom is -0.376 e. The normalized spacial score (nSPS) is 15.2. The molecule has 1 aromatic rings. The van der Waals surface area contributed by atoms with Crippen LogP contribution in [0.2, 0.25) is 0 Å². The first-order chi connectivity index (χ1) is 6.29. The van der Waals surface area contributed by atoms with Crippen LogP contribution in [0.4, 0.5) is 0 Å². The van der Waals surface area contributed by atoms with Gasteiger partial charge in [-0.2, -0.15) is 0 Å². The fourth-order valence-corrected chi connectivity index (χ4v) is 1.61. The molecule has 3 nitrogen and oxygen atoms in total. The first-order valence-corrected chi connectivity index (χ1v) is 4.33. The molecule has 1 aliphatic rings. The summed E-state index contributed by atoms with van der Waals surface area (Å²) in [6, 6.07) is 0. The molecule has 0 aliphatic carbocycles. The van der Waals surface area contributed by atoms with Crippen LogP contribution < -0.4 is 0 Å². The van der Waals surface area contributed by atoms with Gasteiger partial charge in [0.2, 0.25) is 0 Å². The molecule has 0 fully saturated rings. The van der Waals surface area contributed by atoms with Crippen LogP contribution >= 0.6 is 0 Å². The number of aromatic nitrogens is 1. The number of rotatable bonds is 1. The molecule has 0 radical (unpaired) electrons. The van der Waals surface area contributed by atoms with Crippen LogP contribution in [-0.2, 0) is 17.8 Å². The van der Waals surface area contributed by atoms with Crippen molar-refractivity contribution in [2.75, 3.05) is 6.61 Å². The lowest BCUT2D eigenvalue weighted by atomic mass is 9.98. The quantitative estimate of drug-likeness (QED) is 0.608. The third-order valence-corrected chi connectivity index (χ3v) is 2.28. The molecule has 0 unspecified atom stereocenters. The van der Waals surface area contributed by atoms with Crippen molar-refractivity contribution >= 4 is 5.78 Å². The van der Waals surface area contributed by atoms with Crippen LogP contribution in [0.5, 0.6) is 0 Å². The van der Waals surface area contributed by atoms with Crippen molar-refractivity contribution in [3.63, 3.8) is 0 Å². The molecule has 0 aromatic carbocycles. The van der Waals surface area contributed by atoms with Gasteiger partial charge in [0.25, 0.3) is 0 Å². The van der Waals surface area contributed by atoms with Crippen molar-refractivity contribution in [1.29, 1.82) is 0 Å². The first kappa shape index (κ1) is 8.38.